The quantitative estimate of drug-likeness (QED) is 0.648. The fourth-order valence-electron chi connectivity index (χ4n) is 4.15. The Morgan fingerprint density at radius 1 is 1.03 bits per heavy atom. The average molecular weight is 436 g/mol. The zero-order chi connectivity index (χ0) is 21.9. The van der Waals surface area contributed by atoms with E-state index in [4.69, 9.17) is 9.47 Å². The summed E-state index contributed by atoms with van der Waals surface area (Å²) in [6.07, 6.45) is 1.54. The molecule has 0 spiro atoms. The number of benzene rings is 2. The molecule has 0 saturated carbocycles. The summed E-state index contributed by atoms with van der Waals surface area (Å²) in [5.41, 5.74) is 2.05. The van der Waals surface area contributed by atoms with Gasteiger partial charge in [0, 0.05) is 50.9 Å². The Balaban J connectivity index is 1.22. The monoisotopic (exact) mass is 435 g/mol. The van der Waals surface area contributed by atoms with Crippen LogP contribution in [0.2, 0.25) is 0 Å². The molecule has 0 aliphatic carbocycles. The third-order valence-corrected chi connectivity index (χ3v) is 6.01. The van der Waals surface area contributed by atoms with Gasteiger partial charge in [-0.1, -0.05) is 12.1 Å². The Kier molecular flexibility index (Phi) is 5.77. The molecule has 1 unspecified atom stereocenters. The van der Waals surface area contributed by atoms with Gasteiger partial charge in [-0.25, -0.2) is 14.4 Å². The molecule has 166 valence electrons. The van der Waals surface area contributed by atoms with Gasteiger partial charge in [-0.3, -0.25) is 4.90 Å². The molecule has 1 N–H and O–H groups in total. The summed E-state index contributed by atoms with van der Waals surface area (Å²) in [7, 11) is 0. The first-order valence-corrected chi connectivity index (χ1v) is 10.9. The lowest BCUT2D eigenvalue weighted by atomic mass is 10.1. The van der Waals surface area contributed by atoms with Crippen molar-refractivity contribution in [3.05, 3.63) is 66.2 Å². The summed E-state index contributed by atoms with van der Waals surface area (Å²) in [6, 6.07) is 14.6. The second-order valence-corrected chi connectivity index (χ2v) is 8.00. The number of piperazine rings is 1. The van der Waals surface area contributed by atoms with Crippen LogP contribution in [-0.2, 0) is 0 Å². The fraction of sp³-hybridized carbons (Fsp3) is 0.333. The third-order valence-electron chi connectivity index (χ3n) is 6.01. The van der Waals surface area contributed by atoms with E-state index in [0.717, 1.165) is 55.5 Å². The Hall–Kier alpha value is -3.39. The molecule has 0 amide bonds. The van der Waals surface area contributed by atoms with Crippen molar-refractivity contribution < 1.29 is 13.9 Å². The van der Waals surface area contributed by atoms with Crippen molar-refractivity contribution in [2.24, 2.45) is 0 Å². The minimum atomic E-state index is -0.201. The minimum Gasteiger partial charge on any atom is -0.490 e. The standard InChI is InChI=1S/C24H26FN5O2/c1-17(18-2-4-19(25)5-3-18)29-9-11-30(12-10-29)23-15-24(28-16-27-23)32-20-6-7-22-21(14-20)26-8-13-31-22/h2-7,14-17,26H,8-13H2,1H3. The number of rotatable bonds is 5. The van der Waals surface area contributed by atoms with Crippen molar-refractivity contribution >= 4 is 11.5 Å². The van der Waals surface area contributed by atoms with Crippen LogP contribution in [0.15, 0.2) is 54.9 Å². The van der Waals surface area contributed by atoms with Gasteiger partial charge in [0.15, 0.2) is 0 Å². The second kappa shape index (κ2) is 9.00. The maximum absolute atomic E-state index is 13.2. The third kappa shape index (κ3) is 4.45. The molecule has 2 aliphatic heterocycles. The number of hydrogen-bond acceptors (Lipinski definition) is 7. The van der Waals surface area contributed by atoms with Gasteiger partial charge >= 0.3 is 0 Å². The number of anilines is 2. The van der Waals surface area contributed by atoms with Gasteiger partial charge in [0.2, 0.25) is 5.88 Å². The highest BCUT2D eigenvalue weighted by Gasteiger charge is 2.23. The first-order chi connectivity index (χ1) is 15.7. The first kappa shape index (κ1) is 20.5. The summed E-state index contributed by atoms with van der Waals surface area (Å²) in [5.74, 6) is 2.69. The molecule has 1 atom stereocenters. The van der Waals surface area contributed by atoms with Gasteiger partial charge in [0.25, 0.3) is 0 Å². The lowest BCUT2D eigenvalue weighted by Crippen LogP contribution is -2.47. The van der Waals surface area contributed by atoms with Crippen LogP contribution in [-0.4, -0.2) is 54.2 Å². The van der Waals surface area contributed by atoms with Gasteiger partial charge in [-0.15, -0.1) is 0 Å². The second-order valence-electron chi connectivity index (χ2n) is 8.00. The number of fused-ring (bicyclic) bond motifs is 1. The highest BCUT2D eigenvalue weighted by Crippen LogP contribution is 2.33. The van der Waals surface area contributed by atoms with Crippen LogP contribution in [0.3, 0.4) is 0 Å². The number of ether oxygens (including phenoxy) is 2. The van der Waals surface area contributed by atoms with E-state index in [-0.39, 0.29) is 11.9 Å². The lowest BCUT2D eigenvalue weighted by molar-refractivity contribution is 0.198. The smallest absolute Gasteiger partial charge is 0.224 e. The van der Waals surface area contributed by atoms with E-state index in [1.54, 1.807) is 0 Å². The summed E-state index contributed by atoms with van der Waals surface area (Å²) in [5, 5.41) is 3.31. The summed E-state index contributed by atoms with van der Waals surface area (Å²) < 4.78 is 24.8. The van der Waals surface area contributed by atoms with Crippen LogP contribution in [0.5, 0.6) is 17.4 Å². The molecule has 8 heteroatoms. The molecule has 2 aromatic carbocycles. The largest absolute Gasteiger partial charge is 0.490 e. The van der Waals surface area contributed by atoms with Gasteiger partial charge in [0.05, 0.1) is 5.69 Å². The van der Waals surface area contributed by atoms with Crippen molar-refractivity contribution in [3.63, 3.8) is 0 Å². The van der Waals surface area contributed by atoms with E-state index in [2.05, 4.69) is 32.0 Å². The van der Waals surface area contributed by atoms with Crippen LogP contribution < -0.4 is 19.7 Å². The predicted octanol–water partition coefficient (Wildman–Crippen LogP) is 4.10. The number of halogens is 1. The molecule has 2 aliphatic rings. The van der Waals surface area contributed by atoms with E-state index in [9.17, 15) is 4.39 Å². The van der Waals surface area contributed by atoms with E-state index in [1.807, 2.05) is 36.4 Å². The van der Waals surface area contributed by atoms with Crippen molar-refractivity contribution in [2.75, 3.05) is 49.5 Å². The van der Waals surface area contributed by atoms with Crippen LogP contribution in [0.25, 0.3) is 0 Å². The summed E-state index contributed by atoms with van der Waals surface area (Å²) >= 11 is 0. The normalized spacial score (nSPS) is 17.1. The summed E-state index contributed by atoms with van der Waals surface area (Å²) in [4.78, 5) is 13.4. The number of aromatic nitrogens is 2. The lowest BCUT2D eigenvalue weighted by Gasteiger charge is -2.38. The molecule has 0 radical (unpaired) electrons. The molecule has 0 bridgehead atoms. The van der Waals surface area contributed by atoms with Gasteiger partial charge in [-0.2, -0.15) is 0 Å². The maximum Gasteiger partial charge on any atom is 0.224 e. The highest BCUT2D eigenvalue weighted by molar-refractivity contribution is 5.61. The minimum absolute atomic E-state index is 0.201. The van der Waals surface area contributed by atoms with E-state index < -0.39 is 0 Å². The SMILES string of the molecule is CC(c1ccc(F)cc1)N1CCN(c2cc(Oc3ccc4c(c3)NCCO4)ncn2)CC1. The van der Waals surface area contributed by atoms with E-state index in [0.29, 0.717) is 18.2 Å². The first-order valence-electron chi connectivity index (χ1n) is 10.9. The predicted molar refractivity (Wildman–Crippen MR) is 121 cm³/mol. The molecule has 7 nitrogen and oxygen atoms in total. The Morgan fingerprint density at radius 3 is 2.66 bits per heavy atom. The van der Waals surface area contributed by atoms with Gasteiger partial charge in [-0.05, 0) is 36.8 Å². The molecule has 3 aromatic rings. The average Bonchev–Trinajstić information content (AvgIpc) is 2.84. The molecule has 5 rings (SSSR count). The van der Waals surface area contributed by atoms with Crippen LogP contribution in [0.1, 0.15) is 18.5 Å². The van der Waals surface area contributed by atoms with E-state index >= 15 is 0 Å². The maximum atomic E-state index is 13.2. The summed E-state index contributed by atoms with van der Waals surface area (Å²) in [6.45, 7) is 7.10. The van der Waals surface area contributed by atoms with Crippen LogP contribution in [0, 0.1) is 5.82 Å². The molecule has 1 fully saturated rings. The zero-order valence-corrected chi connectivity index (χ0v) is 18.0. The van der Waals surface area contributed by atoms with Crippen LogP contribution >= 0.6 is 0 Å². The topological polar surface area (TPSA) is 62.8 Å². The van der Waals surface area contributed by atoms with Crippen molar-refractivity contribution in [3.8, 4) is 17.4 Å². The number of nitrogens with one attached hydrogen (secondary N) is 1. The Bertz CT molecular complexity index is 1070. The zero-order valence-electron chi connectivity index (χ0n) is 18.0. The fourth-order valence-corrected chi connectivity index (χ4v) is 4.15. The molecular weight excluding hydrogens is 409 g/mol. The van der Waals surface area contributed by atoms with Crippen LogP contribution in [0.4, 0.5) is 15.9 Å². The molecule has 32 heavy (non-hydrogen) atoms. The van der Waals surface area contributed by atoms with Crippen molar-refractivity contribution in [2.45, 2.75) is 13.0 Å². The molecular formula is C24H26FN5O2. The Morgan fingerprint density at radius 2 is 1.84 bits per heavy atom. The van der Waals surface area contributed by atoms with Crippen molar-refractivity contribution in [1.29, 1.82) is 0 Å². The number of nitrogens with zero attached hydrogens (tertiary/aromatic N) is 4. The van der Waals surface area contributed by atoms with Gasteiger partial charge in [0.1, 0.15) is 36.1 Å². The molecule has 3 heterocycles. The van der Waals surface area contributed by atoms with Gasteiger partial charge < -0.3 is 19.7 Å². The Labute approximate surface area is 186 Å². The molecule has 1 aromatic heterocycles. The van der Waals surface area contributed by atoms with E-state index in [1.165, 1.54) is 18.5 Å². The molecule has 1 saturated heterocycles. The number of hydrogen-bond donors (Lipinski definition) is 1. The highest BCUT2D eigenvalue weighted by atomic mass is 19.1. The van der Waals surface area contributed by atoms with Crippen molar-refractivity contribution in [1.82, 2.24) is 14.9 Å².